The first-order valence-corrected chi connectivity index (χ1v) is 8.02. The second kappa shape index (κ2) is 6.89. The molecule has 0 saturated heterocycles. The largest absolute Gasteiger partial charge is 0.330 e. The maximum absolute atomic E-state index is 12.0. The maximum Gasteiger partial charge on any atom is 0.270 e. The van der Waals surface area contributed by atoms with Gasteiger partial charge in [0.2, 0.25) is 15.4 Å². The fourth-order valence-corrected chi connectivity index (χ4v) is 3.65. The Kier molecular flexibility index (Phi) is 5.79. The zero-order valence-electron chi connectivity index (χ0n) is 10.7. The number of rotatable bonds is 7. The van der Waals surface area contributed by atoms with Crippen LogP contribution in [0.5, 0.6) is 0 Å². The van der Waals surface area contributed by atoms with Crippen LogP contribution in [-0.2, 0) is 14.8 Å². The molecule has 1 heterocycles. The highest BCUT2D eigenvalue weighted by atomic mass is 32.2. The van der Waals surface area contributed by atoms with Gasteiger partial charge in [-0.3, -0.25) is 4.79 Å². The molecule has 0 bridgehead atoms. The molecule has 1 rings (SSSR count). The summed E-state index contributed by atoms with van der Waals surface area (Å²) in [6.07, 6.45) is 1.18. The number of amides is 1. The second-order valence-electron chi connectivity index (χ2n) is 3.86. The Hall–Kier alpha value is -1.10. The number of nitrogens with zero attached hydrogens (tertiary/aromatic N) is 2. The predicted molar refractivity (Wildman–Crippen MR) is 72.3 cm³/mol. The zero-order valence-corrected chi connectivity index (χ0v) is 12.3. The summed E-state index contributed by atoms with van der Waals surface area (Å²) in [6, 6.07) is -0.233. The molecule has 1 aromatic heterocycles. The Morgan fingerprint density at radius 1 is 1.47 bits per heavy atom. The van der Waals surface area contributed by atoms with Crippen molar-refractivity contribution in [2.75, 3.05) is 11.9 Å². The molecule has 0 radical (unpaired) electrons. The van der Waals surface area contributed by atoms with Gasteiger partial charge in [-0.2, -0.15) is 0 Å². The molecule has 8 nitrogen and oxygen atoms in total. The van der Waals surface area contributed by atoms with Crippen molar-refractivity contribution >= 4 is 32.4 Å². The highest BCUT2D eigenvalue weighted by Crippen LogP contribution is 2.20. The Morgan fingerprint density at radius 3 is 2.68 bits per heavy atom. The summed E-state index contributed by atoms with van der Waals surface area (Å²) in [7, 11) is -3.72. The number of nitrogens with two attached hydrogens (primary N) is 1. The summed E-state index contributed by atoms with van der Waals surface area (Å²) in [6.45, 7) is 3.57. The summed E-state index contributed by atoms with van der Waals surface area (Å²) in [5.74, 6) is -0.331. The first kappa shape index (κ1) is 16.0. The Labute approximate surface area is 115 Å². The van der Waals surface area contributed by atoms with E-state index in [0.29, 0.717) is 19.4 Å². The van der Waals surface area contributed by atoms with Gasteiger partial charge in [0.1, 0.15) is 0 Å². The van der Waals surface area contributed by atoms with Crippen molar-refractivity contribution in [3.8, 4) is 0 Å². The van der Waals surface area contributed by atoms with Crippen molar-refractivity contribution in [3.63, 3.8) is 0 Å². The molecule has 0 spiro atoms. The maximum atomic E-state index is 12.0. The Morgan fingerprint density at radius 2 is 2.16 bits per heavy atom. The van der Waals surface area contributed by atoms with Crippen molar-refractivity contribution in [2.45, 2.75) is 37.1 Å². The number of anilines is 1. The Balaban J connectivity index is 2.82. The number of sulfonamides is 1. The van der Waals surface area contributed by atoms with Gasteiger partial charge in [0.05, 0.1) is 0 Å². The van der Waals surface area contributed by atoms with Gasteiger partial charge in [0.25, 0.3) is 10.0 Å². The summed E-state index contributed by atoms with van der Waals surface area (Å²) >= 11 is 0.803. The second-order valence-corrected chi connectivity index (χ2v) is 6.72. The van der Waals surface area contributed by atoms with Gasteiger partial charge in [0.15, 0.2) is 0 Å². The third-order valence-electron chi connectivity index (χ3n) is 2.25. The smallest absolute Gasteiger partial charge is 0.270 e. The van der Waals surface area contributed by atoms with Crippen molar-refractivity contribution in [2.24, 2.45) is 5.73 Å². The van der Waals surface area contributed by atoms with Gasteiger partial charge in [-0.05, 0) is 19.4 Å². The normalized spacial score (nSPS) is 13.2. The van der Waals surface area contributed by atoms with E-state index in [1.54, 1.807) is 0 Å². The average molecular weight is 307 g/mol. The molecule has 19 heavy (non-hydrogen) atoms. The predicted octanol–water partition coefficient (Wildman–Crippen LogP) is -0.0978. The lowest BCUT2D eigenvalue weighted by Gasteiger charge is -2.14. The standard InChI is InChI=1S/C9H17N5O3S2/c1-3-7(4-5-10)14-19(16,17)9-13-12-8(18-9)11-6(2)15/h7,14H,3-5,10H2,1-2H3,(H,11,12,15). The van der Waals surface area contributed by atoms with Crippen LogP contribution in [0.2, 0.25) is 0 Å². The van der Waals surface area contributed by atoms with Gasteiger partial charge in [0, 0.05) is 13.0 Å². The van der Waals surface area contributed by atoms with Gasteiger partial charge < -0.3 is 11.1 Å². The summed E-state index contributed by atoms with van der Waals surface area (Å²) in [4.78, 5) is 10.8. The molecule has 1 amide bonds. The van der Waals surface area contributed by atoms with Crippen LogP contribution in [-0.4, -0.2) is 37.1 Å². The van der Waals surface area contributed by atoms with E-state index >= 15 is 0 Å². The molecule has 1 atom stereocenters. The van der Waals surface area contributed by atoms with E-state index in [4.69, 9.17) is 5.73 Å². The third-order valence-corrected chi connectivity index (χ3v) is 4.98. The first-order valence-electron chi connectivity index (χ1n) is 5.72. The van der Waals surface area contributed by atoms with Gasteiger partial charge >= 0.3 is 0 Å². The molecule has 1 unspecified atom stereocenters. The van der Waals surface area contributed by atoms with E-state index in [2.05, 4.69) is 20.2 Å². The van der Waals surface area contributed by atoms with E-state index < -0.39 is 10.0 Å². The number of hydrogen-bond acceptors (Lipinski definition) is 7. The van der Waals surface area contributed by atoms with E-state index in [9.17, 15) is 13.2 Å². The van der Waals surface area contributed by atoms with Crippen LogP contribution >= 0.6 is 11.3 Å². The molecule has 0 aliphatic carbocycles. The van der Waals surface area contributed by atoms with Crippen LogP contribution in [0, 0.1) is 0 Å². The minimum atomic E-state index is -3.72. The summed E-state index contributed by atoms with van der Waals surface area (Å²) in [5.41, 5.74) is 5.41. The van der Waals surface area contributed by atoms with Gasteiger partial charge in [-0.15, -0.1) is 10.2 Å². The first-order chi connectivity index (χ1) is 8.89. The molecule has 108 valence electrons. The summed E-state index contributed by atoms with van der Waals surface area (Å²) in [5, 5.41) is 9.69. The van der Waals surface area contributed by atoms with Crippen LogP contribution in [0.3, 0.4) is 0 Å². The SMILES string of the molecule is CCC(CCN)NS(=O)(=O)c1nnc(NC(C)=O)s1. The lowest BCUT2D eigenvalue weighted by molar-refractivity contribution is -0.114. The van der Waals surface area contributed by atoms with E-state index in [1.165, 1.54) is 6.92 Å². The van der Waals surface area contributed by atoms with E-state index in [1.807, 2.05) is 6.92 Å². The van der Waals surface area contributed by atoms with Crippen molar-refractivity contribution in [3.05, 3.63) is 0 Å². The van der Waals surface area contributed by atoms with Gasteiger partial charge in [-0.1, -0.05) is 18.3 Å². The molecule has 0 aliphatic rings. The number of carbonyl (C=O) groups excluding carboxylic acids is 1. The van der Waals surface area contributed by atoms with E-state index in [0.717, 1.165) is 11.3 Å². The molecule has 10 heteroatoms. The monoisotopic (exact) mass is 307 g/mol. The van der Waals surface area contributed by atoms with Crippen molar-refractivity contribution < 1.29 is 13.2 Å². The minimum absolute atomic E-state index is 0.153. The molecule has 0 aliphatic heterocycles. The number of hydrogen-bond donors (Lipinski definition) is 3. The van der Waals surface area contributed by atoms with Crippen LogP contribution in [0.1, 0.15) is 26.7 Å². The lowest BCUT2D eigenvalue weighted by atomic mass is 10.2. The molecule has 0 aromatic carbocycles. The number of nitrogens with one attached hydrogen (secondary N) is 2. The molecule has 0 saturated carbocycles. The van der Waals surface area contributed by atoms with Crippen molar-refractivity contribution in [1.29, 1.82) is 0 Å². The highest BCUT2D eigenvalue weighted by Gasteiger charge is 2.23. The fourth-order valence-electron chi connectivity index (χ4n) is 1.34. The highest BCUT2D eigenvalue weighted by molar-refractivity contribution is 7.91. The minimum Gasteiger partial charge on any atom is -0.330 e. The Bertz CT molecular complexity index is 528. The molecule has 4 N–H and O–H groups in total. The van der Waals surface area contributed by atoms with Crippen molar-refractivity contribution in [1.82, 2.24) is 14.9 Å². The lowest BCUT2D eigenvalue weighted by Crippen LogP contribution is -2.35. The molecule has 0 fully saturated rings. The van der Waals surface area contributed by atoms with Crippen LogP contribution < -0.4 is 15.8 Å². The zero-order chi connectivity index (χ0) is 14.5. The third kappa shape index (κ3) is 4.82. The topological polar surface area (TPSA) is 127 Å². The molecule has 1 aromatic rings. The molecular weight excluding hydrogens is 290 g/mol. The summed E-state index contributed by atoms with van der Waals surface area (Å²) < 4.78 is 26.4. The number of carbonyl (C=O) groups is 1. The van der Waals surface area contributed by atoms with Crippen LogP contribution in [0.25, 0.3) is 0 Å². The number of aromatic nitrogens is 2. The fraction of sp³-hybridized carbons (Fsp3) is 0.667. The van der Waals surface area contributed by atoms with Crippen LogP contribution in [0.4, 0.5) is 5.13 Å². The average Bonchev–Trinajstić information content (AvgIpc) is 2.76. The van der Waals surface area contributed by atoms with E-state index in [-0.39, 0.29) is 21.4 Å². The quantitative estimate of drug-likeness (QED) is 0.604. The molecular formula is C9H17N5O3S2. The van der Waals surface area contributed by atoms with Crippen LogP contribution in [0.15, 0.2) is 4.34 Å². The van der Waals surface area contributed by atoms with Gasteiger partial charge in [-0.25, -0.2) is 13.1 Å².